The zero-order valence-corrected chi connectivity index (χ0v) is 15.4. The molecule has 6 nitrogen and oxygen atoms in total. The van der Waals surface area contributed by atoms with Gasteiger partial charge in [0.15, 0.2) is 23.9 Å². The van der Waals surface area contributed by atoms with E-state index in [1.165, 1.54) is 14.2 Å². The van der Waals surface area contributed by atoms with Crippen LogP contribution in [0.15, 0.2) is 48.5 Å². The molecular weight excluding hydrogens is 370 g/mol. The van der Waals surface area contributed by atoms with Gasteiger partial charge in [0.25, 0.3) is 0 Å². The summed E-state index contributed by atoms with van der Waals surface area (Å²) in [6.07, 6.45) is 0. The number of carbonyl (C=O) groups excluding carboxylic acids is 2. The first-order chi connectivity index (χ1) is 13.0. The van der Waals surface area contributed by atoms with E-state index in [0.29, 0.717) is 33.3 Å². The van der Waals surface area contributed by atoms with E-state index in [0.717, 1.165) is 5.39 Å². The average molecular weight is 386 g/mol. The molecule has 0 aliphatic carbocycles. The first-order valence-corrected chi connectivity index (χ1v) is 8.38. The van der Waals surface area contributed by atoms with Gasteiger partial charge in [0, 0.05) is 10.9 Å². The second-order valence-corrected chi connectivity index (χ2v) is 6.00. The van der Waals surface area contributed by atoms with Crippen molar-refractivity contribution in [3.8, 4) is 11.5 Å². The monoisotopic (exact) mass is 385 g/mol. The highest BCUT2D eigenvalue weighted by Crippen LogP contribution is 2.27. The minimum absolute atomic E-state index is 0.326. The fraction of sp³-hybridized carbons (Fsp3) is 0.150. The van der Waals surface area contributed by atoms with Crippen molar-refractivity contribution >= 4 is 34.3 Å². The number of aromatic nitrogens is 1. The van der Waals surface area contributed by atoms with Gasteiger partial charge in [-0.25, -0.2) is 9.78 Å². The molecule has 7 heteroatoms. The lowest BCUT2D eigenvalue weighted by atomic mass is 10.1. The van der Waals surface area contributed by atoms with Crippen LogP contribution in [-0.4, -0.2) is 37.6 Å². The Hall–Kier alpha value is -3.12. The molecule has 0 radical (unpaired) electrons. The summed E-state index contributed by atoms with van der Waals surface area (Å²) in [6.45, 7) is -0.384. The Morgan fingerprint density at radius 2 is 1.67 bits per heavy atom. The van der Waals surface area contributed by atoms with E-state index in [1.807, 2.05) is 0 Å². The van der Waals surface area contributed by atoms with Crippen LogP contribution in [0.3, 0.4) is 0 Å². The molecule has 0 amide bonds. The largest absolute Gasteiger partial charge is 0.493 e. The quantitative estimate of drug-likeness (QED) is 0.363. The van der Waals surface area contributed by atoms with Crippen molar-refractivity contribution in [1.29, 1.82) is 0 Å². The van der Waals surface area contributed by atoms with E-state index in [2.05, 4.69) is 4.98 Å². The van der Waals surface area contributed by atoms with Crippen molar-refractivity contribution in [2.45, 2.75) is 0 Å². The van der Waals surface area contributed by atoms with Crippen molar-refractivity contribution in [3.63, 3.8) is 0 Å². The number of carbonyl (C=O) groups is 2. The van der Waals surface area contributed by atoms with Crippen LogP contribution in [0.5, 0.6) is 11.5 Å². The van der Waals surface area contributed by atoms with Crippen LogP contribution >= 0.6 is 11.6 Å². The summed E-state index contributed by atoms with van der Waals surface area (Å²) in [5.41, 5.74) is 1.35. The molecule has 0 aliphatic heterocycles. The minimum atomic E-state index is -0.597. The van der Waals surface area contributed by atoms with Crippen LogP contribution in [0.4, 0.5) is 0 Å². The van der Waals surface area contributed by atoms with Gasteiger partial charge in [-0.3, -0.25) is 4.79 Å². The standard InChI is InChI=1S/C20H16ClNO5/c1-25-17-7-4-13(10-18(17)26-2)16(23)11-27-20(24)14-3-6-15-12(9-14)5-8-19(21)22-15/h3-10H,11H2,1-2H3. The number of pyridine rings is 1. The van der Waals surface area contributed by atoms with Crippen molar-refractivity contribution < 1.29 is 23.8 Å². The van der Waals surface area contributed by atoms with Crippen molar-refractivity contribution in [3.05, 3.63) is 64.8 Å². The molecule has 3 aromatic rings. The van der Waals surface area contributed by atoms with E-state index in [1.54, 1.807) is 48.5 Å². The summed E-state index contributed by atoms with van der Waals surface area (Å²) in [6, 6.07) is 13.0. The molecule has 0 saturated heterocycles. The molecule has 27 heavy (non-hydrogen) atoms. The topological polar surface area (TPSA) is 74.7 Å². The van der Waals surface area contributed by atoms with Crippen molar-refractivity contribution in [2.75, 3.05) is 20.8 Å². The van der Waals surface area contributed by atoms with Gasteiger partial charge >= 0.3 is 5.97 Å². The lowest BCUT2D eigenvalue weighted by Crippen LogP contribution is -2.14. The summed E-state index contributed by atoms with van der Waals surface area (Å²) in [5, 5.41) is 1.12. The van der Waals surface area contributed by atoms with E-state index in [9.17, 15) is 9.59 Å². The van der Waals surface area contributed by atoms with Crippen LogP contribution in [0.25, 0.3) is 10.9 Å². The summed E-state index contributed by atoms with van der Waals surface area (Å²) in [4.78, 5) is 28.7. The first kappa shape index (κ1) is 18.7. The summed E-state index contributed by atoms with van der Waals surface area (Å²) in [7, 11) is 2.99. The highest BCUT2D eigenvalue weighted by Gasteiger charge is 2.15. The van der Waals surface area contributed by atoms with Gasteiger partial charge in [-0.1, -0.05) is 11.6 Å². The number of hydrogen-bond donors (Lipinski definition) is 0. The molecule has 0 aliphatic rings. The Balaban J connectivity index is 1.70. The van der Waals surface area contributed by atoms with Gasteiger partial charge in [0.2, 0.25) is 0 Å². The van der Waals surface area contributed by atoms with Crippen LogP contribution in [0.1, 0.15) is 20.7 Å². The molecule has 0 spiro atoms. The normalized spacial score (nSPS) is 10.5. The smallest absolute Gasteiger partial charge is 0.338 e. The molecule has 0 bridgehead atoms. The molecule has 0 atom stereocenters. The highest BCUT2D eigenvalue weighted by molar-refractivity contribution is 6.29. The Bertz CT molecular complexity index is 1020. The Kier molecular flexibility index (Phi) is 5.57. The molecule has 0 N–H and O–H groups in total. The lowest BCUT2D eigenvalue weighted by molar-refractivity contribution is 0.0475. The third kappa shape index (κ3) is 4.17. The Morgan fingerprint density at radius 3 is 2.41 bits per heavy atom. The molecule has 0 saturated carbocycles. The molecule has 3 rings (SSSR count). The van der Waals surface area contributed by atoms with Gasteiger partial charge in [-0.2, -0.15) is 0 Å². The van der Waals surface area contributed by atoms with Gasteiger partial charge in [0.1, 0.15) is 5.15 Å². The summed E-state index contributed by atoms with van der Waals surface area (Å²) in [5.74, 6) is -0.00879. The number of halogens is 1. The summed E-state index contributed by atoms with van der Waals surface area (Å²) >= 11 is 5.85. The van der Waals surface area contributed by atoms with Crippen LogP contribution in [-0.2, 0) is 4.74 Å². The molecule has 1 aromatic heterocycles. The maximum absolute atomic E-state index is 12.3. The fourth-order valence-electron chi connectivity index (χ4n) is 2.54. The Morgan fingerprint density at radius 1 is 0.926 bits per heavy atom. The third-order valence-electron chi connectivity index (χ3n) is 3.93. The molecule has 0 unspecified atom stereocenters. The number of ether oxygens (including phenoxy) is 3. The van der Waals surface area contributed by atoms with Crippen LogP contribution in [0.2, 0.25) is 5.15 Å². The third-order valence-corrected chi connectivity index (χ3v) is 4.14. The second-order valence-electron chi connectivity index (χ2n) is 5.61. The number of Topliss-reactive ketones (excluding diaryl/α,β-unsaturated/α-hetero) is 1. The number of nitrogens with zero attached hydrogens (tertiary/aromatic N) is 1. The van der Waals surface area contributed by atoms with Gasteiger partial charge in [-0.05, 0) is 48.5 Å². The maximum Gasteiger partial charge on any atom is 0.338 e. The average Bonchev–Trinajstić information content (AvgIpc) is 2.70. The molecule has 0 fully saturated rings. The fourth-order valence-corrected chi connectivity index (χ4v) is 2.69. The summed E-state index contributed by atoms with van der Waals surface area (Å²) < 4.78 is 15.4. The highest BCUT2D eigenvalue weighted by atomic mass is 35.5. The molecule has 1 heterocycles. The van der Waals surface area contributed by atoms with E-state index >= 15 is 0 Å². The SMILES string of the molecule is COc1ccc(C(=O)COC(=O)c2ccc3nc(Cl)ccc3c2)cc1OC. The van der Waals surface area contributed by atoms with E-state index < -0.39 is 5.97 Å². The van der Waals surface area contributed by atoms with E-state index in [4.69, 9.17) is 25.8 Å². The molecular formula is C20H16ClNO5. The van der Waals surface area contributed by atoms with Gasteiger partial charge < -0.3 is 14.2 Å². The van der Waals surface area contributed by atoms with Gasteiger partial charge in [-0.15, -0.1) is 0 Å². The van der Waals surface area contributed by atoms with Crippen molar-refractivity contribution in [1.82, 2.24) is 4.98 Å². The zero-order chi connectivity index (χ0) is 19.4. The zero-order valence-electron chi connectivity index (χ0n) is 14.7. The number of esters is 1. The Labute approximate surface area is 160 Å². The predicted octanol–water partition coefficient (Wildman–Crippen LogP) is 3.95. The lowest BCUT2D eigenvalue weighted by Gasteiger charge is -2.09. The molecule has 138 valence electrons. The second kappa shape index (κ2) is 8.05. The van der Waals surface area contributed by atoms with Crippen molar-refractivity contribution in [2.24, 2.45) is 0 Å². The van der Waals surface area contributed by atoms with Crippen LogP contribution in [0, 0.1) is 0 Å². The maximum atomic E-state index is 12.3. The first-order valence-electron chi connectivity index (χ1n) is 8.00. The number of methoxy groups -OCH3 is 2. The number of benzene rings is 2. The predicted molar refractivity (Wildman–Crippen MR) is 101 cm³/mol. The minimum Gasteiger partial charge on any atom is -0.493 e. The van der Waals surface area contributed by atoms with Gasteiger partial charge in [0.05, 0.1) is 25.3 Å². The number of rotatable bonds is 6. The van der Waals surface area contributed by atoms with Crippen LogP contribution < -0.4 is 9.47 Å². The van der Waals surface area contributed by atoms with E-state index in [-0.39, 0.29) is 12.4 Å². The molecule has 2 aromatic carbocycles. The number of fused-ring (bicyclic) bond motifs is 1. The number of ketones is 1. The number of hydrogen-bond acceptors (Lipinski definition) is 6.